The summed E-state index contributed by atoms with van der Waals surface area (Å²) >= 11 is -10.9. The van der Waals surface area contributed by atoms with Crippen LogP contribution in [0.1, 0.15) is 0 Å². The van der Waals surface area contributed by atoms with Crippen LogP contribution in [0.25, 0.3) is 0 Å². The van der Waals surface area contributed by atoms with Gasteiger partial charge in [0.15, 0.2) is 0 Å². The van der Waals surface area contributed by atoms with E-state index in [2.05, 4.69) is 0 Å². The predicted octanol–water partition coefficient (Wildman–Crippen LogP) is 2.15. The van der Waals surface area contributed by atoms with E-state index in [4.69, 9.17) is 9.59 Å². The molecule has 0 aliphatic rings. The molecule has 0 bridgehead atoms. The Morgan fingerprint density at radius 1 is 0.636 bits per heavy atom. The predicted molar refractivity (Wildman–Crippen MR) is 20.9 cm³/mol. The summed E-state index contributed by atoms with van der Waals surface area (Å²) in [5, 5.41) is 0. The maximum atomic E-state index is 9.89. The van der Waals surface area contributed by atoms with Crippen LogP contribution in [-0.4, -0.2) is 13.6 Å². The number of hydrogen-bond acceptors (Lipinski definition) is 2. The molecule has 0 amide bonds. The molecule has 0 aromatic carbocycles. The van der Waals surface area contributed by atoms with Gasteiger partial charge in [0.25, 0.3) is 0 Å². The molecule has 11 heavy (non-hydrogen) atoms. The Labute approximate surface area is 58.9 Å². The van der Waals surface area contributed by atoms with Crippen molar-refractivity contribution in [3.63, 3.8) is 0 Å². The molecule has 0 N–H and O–H groups in total. The van der Waals surface area contributed by atoms with E-state index < -0.39 is 13.5 Å². The first-order valence-electron chi connectivity index (χ1n) is 1.43. The van der Waals surface area contributed by atoms with Crippen molar-refractivity contribution in [1.29, 1.82) is 0 Å². The van der Waals surface area contributed by atoms with E-state index in [0.29, 0.717) is 0 Å². The van der Waals surface area contributed by atoms with Crippen molar-refractivity contribution in [3.05, 3.63) is 0 Å². The Morgan fingerprint density at radius 3 is 0.636 bits per heavy atom. The standard InChI is InChI=1S/2CH2O.6FH.Mn/c2*1-2;;;;;;;/h2*1H2;6*1H;/q;;;;;;;;+6/p-6. The van der Waals surface area contributed by atoms with Gasteiger partial charge in [-0.05, 0) is 0 Å². The second-order valence-corrected chi connectivity index (χ2v) is 3.34. The molecule has 0 aliphatic heterocycles. The van der Waals surface area contributed by atoms with E-state index in [1.54, 1.807) is 0 Å². The van der Waals surface area contributed by atoms with Crippen LogP contribution < -0.4 is 0 Å². The Morgan fingerprint density at radius 2 is 0.636 bits per heavy atom. The van der Waals surface area contributed by atoms with Gasteiger partial charge in [-0.25, -0.2) is 0 Å². The van der Waals surface area contributed by atoms with Gasteiger partial charge in [0.1, 0.15) is 13.6 Å². The summed E-state index contributed by atoms with van der Waals surface area (Å²) in [6.07, 6.45) is 0. The molecule has 9 heteroatoms. The summed E-state index contributed by atoms with van der Waals surface area (Å²) in [6, 6.07) is 0. The molecule has 0 saturated heterocycles. The van der Waals surface area contributed by atoms with Gasteiger partial charge < -0.3 is 9.59 Å². The molecule has 0 spiro atoms. The molecule has 0 heterocycles. The first-order chi connectivity index (χ1) is 4.45. The normalized spacial score (nSPS) is 15.5. The van der Waals surface area contributed by atoms with Gasteiger partial charge in [0.05, 0.1) is 0 Å². The Hall–Kier alpha value is -0.561. The van der Waals surface area contributed by atoms with Crippen molar-refractivity contribution in [2.75, 3.05) is 0 Å². The summed E-state index contributed by atoms with van der Waals surface area (Å²) < 4.78 is 59.3. The van der Waals surface area contributed by atoms with Gasteiger partial charge in [0, 0.05) is 0 Å². The molecule has 0 aromatic heterocycles. The molecule has 0 aliphatic carbocycles. The third-order valence-electron chi connectivity index (χ3n) is 0. The van der Waals surface area contributed by atoms with Gasteiger partial charge in [-0.2, -0.15) is 0 Å². The zero-order valence-electron chi connectivity index (χ0n) is 4.88. The Bertz CT molecular complexity index is 96.9. The molecule has 0 saturated carbocycles. The third kappa shape index (κ3) is 1660. The molecule has 2 nitrogen and oxygen atoms in total. The monoisotopic (exact) mass is 229 g/mol. The maximum absolute atomic E-state index is 10.9. The third-order valence-corrected chi connectivity index (χ3v) is 0. The van der Waals surface area contributed by atoms with Gasteiger partial charge in [-0.1, -0.05) is 0 Å². The second kappa shape index (κ2) is 3.22. The molecule has 0 fully saturated rings. The van der Waals surface area contributed by atoms with E-state index in [1.807, 2.05) is 13.6 Å². The van der Waals surface area contributed by atoms with Crippen molar-refractivity contribution in [3.8, 4) is 0 Å². The van der Waals surface area contributed by atoms with Crippen LogP contribution in [0, 0.1) is 0 Å². The summed E-state index contributed by atoms with van der Waals surface area (Å²) in [4.78, 5) is 16.0. The van der Waals surface area contributed by atoms with Gasteiger partial charge in [0.2, 0.25) is 0 Å². The van der Waals surface area contributed by atoms with Crippen LogP contribution in [0.4, 0.5) is 21.3 Å². The minimum absolute atomic E-state index is 2.00. The fraction of sp³-hybridized carbons (Fsp3) is 0. The van der Waals surface area contributed by atoms with Crippen molar-refractivity contribution in [2.45, 2.75) is 0 Å². The summed E-state index contributed by atoms with van der Waals surface area (Å²) in [5.41, 5.74) is 0. The number of carbonyl (C=O) groups is 2. The van der Waals surface area contributed by atoms with Gasteiger partial charge in [-0.15, -0.1) is 0 Å². The van der Waals surface area contributed by atoms with Crippen LogP contribution >= 0.6 is 0 Å². The first-order valence-corrected chi connectivity index (χ1v) is 4.11. The van der Waals surface area contributed by atoms with E-state index in [9.17, 15) is 21.3 Å². The Kier molecular flexibility index (Phi) is 4.93. The minimum atomic E-state index is -10.9. The van der Waals surface area contributed by atoms with Crippen LogP contribution in [-0.2, 0) is 23.0 Å². The van der Waals surface area contributed by atoms with Gasteiger partial charge in [-0.3, -0.25) is 0 Å². The molecule has 0 atom stereocenters. The molecular formula is C2H4F6MnO2. The van der Waals surface area contributed by atoms with E-state index in [-0.39, 0.29) is 0 Å². The van der Waals surface area contributed by atoms with Crippen molar-refractivity contribution >= 4 is 13.6 Å². The molecule has 0 unspecified atom stereocenters. The molecule has 0 aromatic rings. The first kappa shape index (κ1) is 16.8. The number of rotatable bonds is 0. The zero-order chi connectivity index (χ0) is 10.4. The number of hydrogen-bond donors (Lipinski definition) is 0. The van der Waals surface area contributed by atoms with Crippen molar-refractivity contribution in [2.24, 2.45) is 0 Å². The van der Waals surface area contributed by atoms with Crippen molar-refractivity contribution < 1.29 is 44.4 Å². The molecule has 0 radical (unpaired) electrons. The van der Waals surface area contributed by atoms with Crippen molar-refractivity contribution in [1.82, 2.24) is 0 Å². The number of carbonyl (C=O) groups excluding carboxylic acids is 2. The average Bonchev–Trinajstić information content (AvgIpc) is 1.68. The average molecular weight is 229 g/mol. The van der Waals surface area contributed by atoms with E-state index in [1.165, 1.54) is 0 Å². The molecule has 0 rings (SSSR count). The fourth-order valence-electron chi connectivity index (χ4n) is 0. The SMILES string of the molecule is C=O.C=O.[F][Mn]([F])([F])([F])([F])[F]. The summed E-state index contributed by atoms with van der Waals surface area (Å²) in [7, 11) is 0. The molecule has 73 valence electrons. The molecular weight excluding hydrogens is 225 g/mol. The quantitative estimate of drug-likeness (QED) is 0.471. The van der Waals surface area contributed by atoms with Crippen LogP contribution in [0.2, 0.25) is 0 Å². The zero-order valence-corrected chi connectivity index (χ0v) is 6.06. The summed E-state index contributed by atoms with van der Waals surface area (Å²) in [6.45, 7) is 4.00. The van der Waals surface area contributed by atoms with Crippen LogP contribution in [0.3, 0.4) is 0 Å². The Balaban J connectivity index is -0.000000138. The number of halogens is 6. The second-order valence-electron chi connectivity index (χ2n) is 0.810. The summed E-state index contributed by atoms with van der Waals surface area (Å²) in [5.74, 6) is 0. The van der Waals surface area contributed by atoms with Gasteiger partial charge >= 0.3 is 34.8 Å². The van der Waals surface area contributed by atoms with E-state index >= 15 is 0 Å². The fourth-order valence-corrected chi connectivity index (χ4v) is 0. The van der Waals surface area contributed by atoms with Crippen LogP contribution in [0.15, 0.2) is 0 Å². The van der Waals surface area contributed by atoms with Crippen LogP contribution in [0.5, 0.6) is 0 Å². The van der Waals surface area contributed by atoms with E-state index in [0.717, 1.165) is 0 Å². The topological polar surface area (TPSA) is 34.1 Å².